The first-order valence-corrected chi connectivity index (χ1v) is 7.03. The lowest BCUT2D eigenvalue weighted by Gasteiger charge is -2.18. The predicted molar refractivity (Wildman–Crippen MR) is 77.7 cm³/mol. The topological polar surface area (TPSA) is 145 Å². The number of aliphatic hydroxyl groups excluding tert-OH is 3. The van der Waals surface area contributed by atoms with Gasteiger partial charge in [0, 0.05) is 13.2 Å². The minimum Gasteiger partial charge on any atom is -0.505 e. The molecule has 2 atom stereocenters. The van der Waals surface area contributed by atoms with Gasteiger partial charge in [-0.3, -0.25) is 14.6 Å². The number of aromatic amines is 1. The molecule has 10 nitrogen and oxygen atoms in total. The van der Waals surface area contributed by atoms with Crippen LogP contribution in [0.2, 0.25) is 0 Å². The van der Waals surface area contributed by atoms with E-state index >= 15 is 0 Å². The number of rotatable bonds is 4. The van der Waals surface area contributed by atoms with Crippen molar-refractivity contribution in [3.63, 3.8) is 0 Å². The molecule has 0 saturated carbocycles. The Morgan fingerprint density at radius 3 is 2.54 bits per heavy atom. The molecule has 4 N–H and O–H groups in total. The molecule has 2 heterocycles. The SMILES string of the molecule is CN(Cc1cn(C2=C(O)C(O)[C@@H](CO)O2)c(=O)[nH]c1=O)C(=O)C(F)(F)F. The first-order chi connectivity index (χ1) is 12.0. The Bertz CT molecular complexity index is 858. The fourth-order valence-corrected chi connectivity index (χ4v) is 2.21. The number of aliphatic hydroxyl groups is 3. The number of nitrogens with zero attached hydrogens (tertiary/aromatic N) is 2. The van der Waals surface area contributed by atoms with Gasteiger partial charge in [-0.2, -0.15) is 13.2 Å². The average molecular weight is 381 g/mol. The summed E-state index contributed by atoms with van der Waals surface area (Å²) >= 11 is 0. The van der Waals surface area contributed by atoms with Gasteiger partial charge in [-0.05, 0) is 0 Å². The lowest BCUT2D eigenvalue weighted by molar-refractivity contribution is -0.184. The van der Waals surface area contributed by atoms with Crippen LogP contribution in [0.3, 0.4) is 0 Å². The zero-order valence-electron chi connectivity index (χ0n) is 13.1. The van der Waals surface area contributed by atoms with Gasteiger partial charge in [-0.25, -0.2) is 9.36 Å². The average Bonchev–Trinajstić information content (AvgIpc) is 2.83. The third-order valence-corrected chi connectivity index (χ3v) is 3.53. The number of alkyl halides is 3. The second-order valence-electron chi connectivity index (χ2n) is 5.42. The van der Waals surface area contributed by atoms with Gasteiger partial charge in [0.05, 0.1) is 18.7 Å². The van der Waals surface area contributed by atoms with Gasteiger partial charge in [0.25, 0.3) is 5.56 Å². The molecule has 26 heavy (non-hydrogen) atoms. The largest absolute Gasteiger partial charge is 0.505 e. The Kier molecular flexibility index (Phi) is 5.13. The Morgan fingerprint density at radius 1 is 1.42 bits per heavy atom. The molecule has 0 aromatic carbocycles. The molecule has 1 unspecified atom stereocenters. The zero-order valence-corrected chi connectivity index (χ0v) is 13.1. The van der Waals surface area contributed by atoms with E-state index in [1.807, 2.05) is 0 Å². The molecule has 0 bridgehead atoms. The molecule has 1 aromatic heterocycles. The van der Waals surface area contributed by atoms with Gasteiger partial charge in [0.1, 0.15) is 0 Å². The summed E-state index contributed by atoms with van der Waals surface area (Å²) in [5.41, 5.74) is -2.59. The van der Waals surface area contributed by atoms with E-state index in [2.05, 4.69) is 0 Å². The van der Waals surface area contributed by atoms with Crippen molar-refractivity contribution in [3.8, 4) is 0 Å². The minimum atomic E-state index is -5.15. The summed E-state index contributed by atoms with van der Waals surface area (Å²) in [7, 11) is 0.805. The van der Waals surface area contributed by atoms with Crippen LogP contribution in [0.4, 0.5) is 13.2 Å². The van der Waals surface area contributed by atoms with Crippen LogP contribution in [0, 0.1) is 0 Å². The van der Waals surface area contributed by atoms with Gasteiger partial charge < -0.3 is 25.0 Å². The fourth-order valence-electron chi connectivity index (χ4n) is 2.21. The molecular formula is C13H14F3N3O7. The number of carbonyl (C=O) groups is 1. The van der Waals surface area contributed by atoms with E-state index in [4.69, 9.17) is 9.84 Å². The summed E-state index contributed by atoms with van der Waals surface area (Å²) in [6, 6.07) is 0. The van der Waals surface area contributed by atoms with Crippen LogP contribution in [0.1, 0.15) is 5.56 Å². The molecule has 144 valence electrons. The lowest BCUT2D eigenvalue weighted by atomic mass is 10.2. The summed E-state index contributed by atoms with van der Waals surface area (Å²) in [5, 5.41) is 28.5. The third-order valence-electron chi connectivity index (χ3n) is 3.53. The maximum atomic E-state index is 12.4. The maximum absolute atomic E-state index is 12.4. The molecule has 0 saturated heterocycles. The van der Waals surface area contributed by atoms with E-state index in [9.17, 15) is 37.8 Å². The van der Waals surface area contributed by atoms with Crippen molar-refractivity contribution in [2.45, 2.75) is 24.9 Å². The van der Waals surface area contributed by atoms with Gasteiger partial charge in [-0.15, -0.1) is 0 Å². The van der Waals surface area contributed by atoms with Crippen molar-refractivity contribution in [2.75, 3.05) is 13.7 Å². The number of amides is 1. The highest BCUT2D eigenvalue weighted by atomic mass is 19.4. The highest BCUT2D eigenvalue weighted by Crippen LogP contribution is 2.26. The maximum Gasteiger partial charge on any atom is 0.471 e. The van der Waals surface area contributed by atoms with Crippen molar-refractivity contribution < 1.29 is 38.0 Å². The quantitative estimate of drug-likeness (QED) is 0.496. The van der Waals surface area contributed by atoms with Crippen LogP contribution in [-0.4, -0.2) is 67.7 Å². The molecule has 2 rings (SSSR count). The highest BCUT2D eigenvalue weighted by molar-refractivity contribution is 5.81. The smallest absolute Gasteiger partial charge is 0.471 e. The number of carbonyl (C=O) groups excluding carboxylic acids is 1. The highest BCUT2D eigenvalue weighted by Gasteiger charge is 2.41. The molecule has 0 radical (unpaired) electrons. The molecule has 1 aliphatic heterocycles. The molecule has 0 fully saturated rings. The summed E-state index contributed by atoms with van der Waals surface area (Å²) in [5.74, 6) is -3.63. The van der Waals surface area contributed by atoms with Crippen molar-refractivity contribution in [2.24, 2.45) is 0 Å². The van der Waals surface area contributed by atoms with Crippen molar-refractivity contribution in [1.82, 2.24) is 14.5 Å². The Hall–Kier alpha value is -2.80. The fraction of sp³-hybridized carbons (Fsp3) is 0.462. The number of nitrogens with one attached hydrogen (secondary N) is 1. The Morgan fingerprint density at radius 2 is 2.04 bits per heavy atom. The van der Waals surface area contributed by atoms with Crippen LogP contribution in [0.25, 0.3) is 5.88 Å². The molecule has 1 aliphatic rings. The minimum absolute atomic E-state index is 0.217. The van der Waals surface area contributed by atoms with Gasteiger partial charge >= 0.3 is 17.8 Å². The number of aromatic nitrogens is 2. The van der Waals surface area contributed by atoms with Crippen molar-refractivity contribution >= 4 is 11.8 Å². The molecule has 1 aromatic rings. The normalized spacial score (nSPS) is 20.2. The van der Waals surface area contributed by atoms with E-state index in [0.717, 1.165) is 13.2 Å². The summed E-state index contributed by atoms with van der Waals surface area (Å²) in [6.07, 6.45) is -7.31. The van der Waals surface area contributed by atoms with E-state index in [1.54, 1.807) is 4.98 Å². The van der Waals surface area contributed by atoms with Crippen molar-refractivity contribution in [1.29, 1.82) is 0 Å². The van der Waals surface area contributed by atoms with Crippen LogP contribution in [0.5, 0.6) is 0 Å². The molecule has 0 aliphatic carbocycles. The number of halogens is 3. The summed E-state index contributed by atoms with van der Waals surface area (Å²) < 4.78 is 42.8. The summed E-state index contributed by atoms with van der Waals surface area (Å²) in [6.45, 7) is -1.50. The lowest BCUT2D eigenvalue weighted by Crippen LogP contribution is -2.40. The van der Waals surface area contributed by atoms with Gasteiger partial charge in [0.2, 0.25) is 5.88 Å². The van der Waals surface area contributed by atoms with E-state index < -0.39 is 65.9 Å². The zero-order chi connectivity index (χ0) is 19.8. The van der Waals surface area contributed by atoms with Gasteiger partial charge in [-0.1, -0.05) is 0 Å². The van der Waals surface area contributed by atoms with Crippen LogP contribution in [0.15, 0.2) is 21.5 Å². The molecule has 1 amide bonds. The second-order valence-corrected chi connectivity index (χ2v) is 5.42. The standard InChI is InChI=1S/C13H14F3N3O7/c1-18(11(24)13(14,15)16)2-5-3-19(12(25)17-9(5)23)10-8(22)7(21)6(4-20)26-10/h3,6-7,20-22H,2,4H2,1H3,(H,17,23,25)/t6-,7?/m1/s1. The van der Waals surface area contributed by atoms with Crippen LogP contribution < -0.4 is 11.2 Å². The number of hydrogen-bond donors (Lipinski definition) is 4. The van der Waals surface area contributed by atoms with Crippen molar-refractivity contribution in [3.05, 3.63) is 38.4 Å². The van der Waals surface area contributed by atoms with E-state index in [-0.39, 0.29) is 4.90 Å². The van der Waals surface area contributed by atoms with Gasteiger partial charge in [0.15, 0.2) is 18.0 Å². The Labute approximate surface area is 142 Å². The first kappa shape index (κ1) is 19.5. The first-order valence-electron chi connectivity index (χ1n) is 7.03. The Balaban J connectivity index is 2.41. The molecule has 13 heteroatoms. The van der Waals surface area contributed by atoms with E-state index in [0.29, 0.717) is 4.57 Å². The third kappa shape index (κ3) is 3.57. The number of hydrogen-bond acceptors (Lipinski definition) is 7. The predicted octanol–water partition coefficient (Wildman–Crippen LogP) is -1.51. The van der Waals surface area contributed by atoms with Crippen LogP contribution in [-0.2, 0) is 16.1 Å². The second kappa shape index (κ2) is 6.84. The molecule has 0 spiro atoms. The molecular weight excluding hydrogens is 367 g/mol. The summed E-state index contributed by atoms with van der Waals surface area (Å²) in [4.78, 5) is 36.8. The number of H-pyrrole nitrogens is 1. The van der Waals surface area contributed by atoms with E-state index in [1.165, 1.54) is 0 Å². The number of ether oxygens (including phenoxy) is 1. The monoisotopic (exact) mass is 381 g/mol. The van der Waals surface area contributed by atoms with Crippen LogP contribution >= 0.6 is 0 Å².